The number of carbonyl (C=O) groups is 1. The van der Waals surface area contributed by atoms with Crippen LogP contribution in [0.4, 0.5) is 0 Å². The molecule has 0 spiro atoms. The molecule has 0 aromatic carbocycles. The standard InChI is InChI=1S/C13H18N4O3.H2O/c1-9(18)6-4-5-7-17-12(19)10-11(14-8-15(10)2)16(3)13(17)20;/h8H,4-7H2,1-3H3;1H2. The number of Topliss-reactive ketones (excluding diaryl/α,β-unsaturated/α-hetero) is 1. The van der Waals surface area contributed by atoms with E-state index in [2.05, 4.69) is 4.98 Å². The van der Waals surface area contributed by atoms with Crippen LogP contribution in [0.3, 0.4) is 0 Å². The lowest BCUT2D eigenvalue weighted by atomic mass is 10.2. The molecule has 0 fully saturated rings. The molecule has 0 radical (unpaired) electrons. The van der Waals surface area contributed by atoms with Crippen LogP contribution in [0.2, 0.25) is 0 Å². The number of ketones is 1. The highest BCUT2D eigenvalue weighted by Gasteiger charge is 2.14. The van der Waals surface area contributed by atoms with E-state index >= 15 is 0 Å². The van der Waals surface area contributed by atoms with Crippen LogP contribution in [0.25, 0.3) is 11.2 Å². The molecule has 0 aliphatic rings. The van der Waals surface area contributed by atoms with Gasteiger partial charge in [0.15, 0.2) is 11.2 Å². The van der Waals surface area contributed by atoms with E-state index in [0.717, 1.165) is 0 Å². The fourth-order valence-corrected chi connectivity index (χ4v) is 2.24. The van der Waals surface area contributed by atoms with Crippen molar-refractivity contribution in [3.63, 3.8) is 0 Å². The predicted molar refractivity (Wildman–Crippen MR) is 78.4 cm³/mol. The SMILES string of the molecule is CC(=O)CCCCn1c(=O)c2c(ncn2C)n(C)c1=O.O. The summed E-state index contributed by atoms with van der Waals surface area (Å²) in [4.78, 5) is 39.4. The Morgan fingerprint density at radius 2 is 1.90 bits per heavy atom. The minimum absolute atomic E-state index is 0. The van der Waals surface area contributed by atoms with E-state index in [1.165, 1.54) is 22.4 Å². The highest BCUT2D eigenvalue weighted by molar-refractivity contribution is 5.75. The number of aryl methyl sites for hydroxylation is 2. The molecule has 2 aromatic rings. The number of carbonyl (C=O) groups excluding carboxylic acids is 1. The molecule has 8 nitrogen and oxygen atoms in total. The first-order chi connectivity index (χ1) is 9.43. The zero-order valence-corrected chi connectivity index (χ0v) is 12.4. The van der Waals surface area contributed by atoms with Gasteiger partial charge in [-0.3, -0.25) is 13.9 Å². The lowest BCUT2D eigenvalue weighted by molar-refractivity contribution is -0.117. The zero-order valence-electron chi connectivity index (χ0n) is 12.4. The van der Waals surface area contributed by atoms with Gasteiger partial charge >= 0.3 is 5.69 Å². The van der Waals surface area contributed by atoms with Crippen LogP contribution in [-0.2, 0) is 25.4 Å². The predicted octanol–water partition coefficient (Wildman–Crippen LogP) is -0.632. The summed E-state index contributed by atoms with van der Waals surface area (Å²) in [7, 11) is 3.32. The van der Waals surface area contributed by atoms with E-state index in [1.807, 2.05) is 0 Å². The molecule has 0 aliphatic heterocycles. The fourth-order valence-electron chi connectivity index (χ4n) is 2.24. The minimum atomic E-state index is -0.371. The molecule has 2 aromatic heterocycles. The van der Waals surface area contributed by atoms with Crippen molar-refractivity contribution in [1.82, 2.24) is 18.7 Å². The summed E-state index contributed by atoms with van der Waals surface area (Å²) >= 11 is 0. The smallest absolute Gasteiger partial charge is 0.332 e. The van der Waals surface area contributed by atoms with Crippen molar-refractivity contribution < 1.29 is 10.3 Å². The van der Waals surface area contributed by atoms with Gasteiger partial charge in [-0.25, -0.2) is 9.78 Å². The number of rotatable bonds is 5. The Hall–Kier alpha value is -2.22. The van der Waals surface area contributed by atoms with Crippen molar-refractivity contribution in [2.24, 2.45) is 14.1 Å². The van der Waals surface area contributed by atoms with Gasteiger partial charge in [0, 0.05) is 27.1 Å². The molecule has 8 heteroatoms. The number of aromatic nitrogens is 4. The van der Waals surface area contributed by atoms with Gasteiger partial charge in [0.1, 0.15) is 5.78 Å². The molecule has 0 saturated carbocycles. The quantitative estimate of drug-likeness (QED) is 0.684. The third-order valence-electron chi connectivity index (χ3n) is 3.36. The van der Waals surface area contributed by atoms with Crippen molar-refractivity contribution in [1.29, 1.82) is 0 Å². The van der Waals surface area contributed by atoms with E-state index < -0.39 is 0 Å². The Kier molecular flexibility index (Phi) is 5.20. The van der Waals surface area contributed by atoms with Crippen LogP contribution in [-0.4, -0.2) is 29.9 Å². The molecule has 0 saturated heterocycles. The Morgan fingerprint density at radius 1 is 1.24 bits per heavy atom. The molecule has 21 heavy (non-hydrogen) atoms. The van der Waals surface area contributed by atoms with Gasteiger partial charge in [-0.2, -0.15) is 0 Å². The Balaban J connectivity index is 0.00000220. The second-order valence-corrected chi connectivity index (χ2v) is 4.99. The number of imidazole rings is 1. The summed E-state index contributed by atoms with van der Waals surface area (Å²) in [6, 6.07) is 0. The van der Waals surface area contributed by atoms with Crippen molar-refractivity contribution in [2.75, 3.05) is 0 Å². The number of hydrogen-bond donors (Lipinski definition) is 0. The summed E-state index contributed by atoms with van der Waals surface area (Å²) in [6.07, 6.45) is 3.29. The van der Waals surface area contributed by atoms with Gasteiger partial charge in [-0.15, -0.1) is 0 Å². The highest BCUT2D eigenvalue weighted by Crippen LogP contribution is 2.04. The van der Waals surface area contributed by atoms with Crippen LogP contribution in [0.5, 0.6) is 0 Å². The minimum Gasteiger partial charge on any atom is -0.412 e. The van der Waals surface area contributed by atoms with E-state index in [1.54, 1.807) is 18.7 Å². The lowest BCUT2D eigenvalue weighted by Gasteiger charge is -2.08. The molecule has 2 rings (SSSR count). The molecule has 2 heterocycles. The van der Waals surface area contributed by atoms with Crippen LogP contribution < -0.4 is 11.2 Å². The molecule has 0 aliphatic carbocycles. The Labute approximate surface area is 120 Å². The van der Waals surface area contributed by atoms with Crippen molar-refractivity contribution in [3.8, 4) is 0 Å². The molecular weight excluding hydrogens is 276 g/mol. The molecule has 116 valence electrons. The fraction of sp³-hybridized carbons (Fsp3) is 0.538. The number of unbranched alkanes of at least 4 members (excludes halogenated alkanes) is 1. The highest BCUT2D eigenvalue weighted by atomic mass is 16.2. The first-order valence-electron chi connectivity index (χ1n) is 6.53. The van der Waals surface area contributed by atoms with E-state index in [-0.39, 0.29) is 22.5 Å². The second kappa shape index (κ2) is 6.49. The lowest BCUT2D eigenvalue weighted by Crippen LogP contribution is -2.39. The average Bonchev–Trinajstić information content (AvgIpc) is 2.77. The number of fused-ring (bicyclic) bond motifs is 1. The summed E-state index contributed by atoms with van der Waals surface area (Å²) in [5, 5.41) is 0. The van der Waals surface area contributed by atoms with Gasteiger partial charge in [0.25, 0.3) is 5.56 Å². The third kappa shape index (κ3) is 3.10. The Bertz CT molecular complexity index is 769. The van der Waals surface area contributed by atoms with Crippen molar-refractivity contribution in [3.05, 3.63) is 27.2 Å². The van der Waals surface area contributed by atoms with Crippen LogP contribution in [0.15, 0.2) is 15.9 Å². The summed E-state index contributed by atoms with van der Waals surface area (Å²) in [5.41, 5.74) is 0.108. The van der Waals surface area contributed by atoms with Crippen LogP contribution >= 0.6 is 0 Å². The van der Waals surface area contributed by atoms with Crippen LogP contribution in [0.1, 0.15) is 26.2 Å². The third-order valence-corrected chi connectivity index (χ3v) is 3.36. The summed E-state index contributed by atoms with van der Waals surface area (Å²) in [5.74, 6) is 0.118. The van der Waals surface area contributed by atoms with Crippen molar-refractivity contribution >= 4 is 16.9 Å². The molecule has 0 atom stereocenters. The molecule has 2 N–H and O–H groups in total. The topological polar surface area (TPSA) is 110 Å². The Morgan fingerprint density at radius 3 is 2.52 bits per heavy atom. The maximum Gasteiger partial charge on any atom is 0.332 e. The first-order valence-corrected chi connectivity index (χ1v) is 6.53. The molecular formula is C13H20N4O4. The van der Waals surface area contributed by atoms with E-state index in [4.69, 9.17) is 0 Å². The number of nitrogens with zero attached hydrogens (tertiary/aromatic N) is 4. The van der Waals surface area contributed by atoms with Crippen LogP contribution in [0, 0.1) is 0 Å². The molecule has 0 amide bonds. The summed E-state index contributed by atoms with van der Waals surface area (Å²) in [6.45, 7) is 1.85. The van der Waals surface area contributed by atoms with Gasteiger partial charge in [0.2, 0.25) is 0 Å². The normalized spacial score (nSPS) is 10.6. The molecule has 0 bridgehead atoms. The van der Waals surface area contributed by atoms with Gasteiger partial charge in [-0.1, -0.05) is 0 Å². The monoisotopic (exact) mass is 296 g/mol. The van der Waals surface area contributed by atoms with Gasteiger partial charge < -0.3 is 14.8 Å². The maximum atomic E-state index is 12.3. The number of hydrogen-bond acceptors (Lipinski definition) is 4. The average molecular weight is 296 g/mol. The van der Waals surface area contributed by atoms with E-state index in [9.17, 15) is 14.4 Å². The van der Waals surface area contributed by atoms with E-state index in [0.29, 0.717) is 37.0 Å². The maximum absolute atomic E-state index is 12.3. The largest absolute Gasteiger partial charge is 0.412 e. The first kappa shape index (κ1) is 16.8. The zero-order chi connectivity index (χ0) is 14.9. The van der Waals surface area contributed by atoms with Gasteiger partial charge in [0.05, 0.1) is 6.33 Å². The summed E-state index contributed by atoms with van der Waals surface area (Å²) < 4.78 is 4.20. The molecule has 0 unspecified atom stereocenters. The van der Waals surface area contributed by atoms with Crippen molar-refractivity contribution in [2.45, 2.75) is 32.7 Å². The van der Waals surface area contributed by atoms with Gasteiger partial charge in [-0.05, 0) is 19.8 Å². The second-order valence-electron chi connectivity index (χ2n) is 4.99.